The minimum atomic E-state index is -0.310. The van der Waals surface area contributed by atoms with Crippen molar-refractivity contribution in [2.75, 3.05) is 11.9 Å². The van der Waals surface area contributed by atoms with Crippen LogP contribution >= 0.6 is 0 Å². The van der Waals surface area contributed by atoms with Gasteiger partial charge in [-0.25, -0.2) is 0 Å². The molecule has 0 radical (unpaired) electrons. The first-order chi connectivity index (χ1) is 10.2. The van der Waals surface area contributed by atoms with Crippen LogP contribution in [0.2, 0.25) is 0 Å². The van der Waals surface area contributed by atoms with Gasteiger partial charge in [-0.3, -0.25) is 14.5 Å². The number of pyridine rings is 1. The maximum Gasteiger partial charge on any atom is 0.242 e. The summed E-state index contributed by atoms with van der Waals surface area (Å²) in [5, 5.41) is 10.3. The Bertz CT molecular complexity index is 566. The first kappa shape index (κ1) is 15.0. The average Bonchev–Trinajstić information content (AvgIpc) is 2.92. The summed E-state index contributed by atoms with van der Waals surface area (Å²) in [6.45, 7) is 5.15. The maximum absolute atomic E-state index is 11.8. The smallest absolute Gasteiger partial charge is 0.242 e. The van der Waals surface area contributed by atoms with E-state index in [2.05, 4.69) is 20.7 Å². The normalized spacial score (nSPS) is 11.9. The van der Waals surface area contributed by atoms with Crippen LogP contribution in [0, 0.1) is 0 Å². The van der Waals surface area contributed by atoms with Crippen molar-refractivity contribution in [3.8, 4) is 0 Å². The average molecular weight is 287 g/mol. The molecule has 1 amide bonds. The molecule has 2 heterocycles. The molecule has 21 heavy (non-hydrogen) atoms. The zero-order chi connectivity index (χ0) is 15.1. The lowest BCUT2D eigenvalue weighted by Gasteiger charge is -2.12. The van der Waals surface area contributed by atoms with Crippen molar-refractivity contribution in [2.24, 2.45) is 0 Å². The molecular weight excluding hydrogens is 266 g/mol. The van der Waals surface area contributed by atoms with Gasteiger partial charge in [-0.1, -0.05) is 13.0 Å². The van der Waals surface area contributed by atoms with E-state index < -0.39 is 0 Å². The van der Waals surface area contributed by atoms with Gasteiger partial charge in [0.25, 0.3) is 0 Å². The number of anilines is 1. The molecule has 0 saturated heterocycles. The predicted molar refractivity (Wildman–Crippen MR) is 82.0 cm³/mol. The van der Waals surface area contributed by atoms with Crippen LogP contribution in [0.1, 0.15) is 26.0 Å². The van der Waals surface area contributed by atoms with E-state index in [9.17, 15) is 4.79 Å². The number of hydrogen-bond donors (Lipinski definition) is 2. The largest absolute Gasteiger partial charge is 0.357 e. The topological polar surface area (TPSA) is 71.8 Å². The number of rotatable bonds is 7. The third kappa shape index (κ3) is 4.59. The van der Waals surface area contributed by atoms with E-state index >= 15 is 0 Å². The monoisotopic (exact) mass is 287 g/mol. The van der Waals surface area contributed by atoms with Gasteiger partial charge in [0.2, 0.25) is 5.91 Å². The van der Waals surface area contributed by atoms with Gasteiger partial charge in [-0.2, -0.15) is 5.10 Å². The fraction of sp³-hybridized carbons (Fsp3) is 0.400. The van der Waals surface area contributed by atoms with Crippen LogP contribution in [-0.2, 0) is 11.3 Å². The highest BCUT2D eigenvalue weighted by molar-refractivity contribution is 5.83. The first-order valence-electron chi connectivity index (χ1n) is 7.16. The van der Waals surface area contributed by atoms with Gasteiger partial charge in [0.15, 0.2) is 0 Å². The highest BCUT2D eigenvalue weighted by Gasteiger charge is 2.12. The van der Waals surface area contributed by atoms with Crippen LogP contribution in [0.5, 0.6) is 0 Å². The van der Waals surface area contributed by atoms with Gasteiger partial charge in [0, 0.05) is 25.0 Å². The molecule has 6 nitrogen and oxygen atoms in total. The molecule has 1 unspecified atom stereocenters. The van der Waals surface area contributed by atoms with Crippen molar-refractivity contribution in [1.29, 1.82) is 0 Å². The minimum absolute atomic E-state index is 0.0175. The van der Waals surface area contributed by atoms with E-state index in [1.54, 1.807) is 10.9 Å². The Balaban J connectivity index is 1.89. The van der Waals surface area contributed by atoms with Crippen LogP contribution in [0.25, 0.3) is 0 Å². The Hall–Kier alpha value is -2.37. The van der Waals surface area contributed by atoms with Gasteiger partial charge in [-0.05, 0) is 25.5 Å². The lowest BCUT2D eigenvalue weighted by molar-refractivity contribution is -0.121. The summed E-state index contributed by atoms with van der Waals surface area (Å²) >= 11 is 0. The SMILES string of the molecule is CCCNC(=O)C(C)Nc1ccn(Cc2ccccn2)n1. The highest BCUT2D eigenvalue weighted by atomic mass is 16.2. The van der Waals surface area contributed by atoms with E-state index in [-0.39, 0.29) is 11.9 Å². The van der Waals surface area contributed by atoms with E-state index in [1.165, 1.54) is 0 Å². The molecule has 112 valence electrons. The van der Waals surface area contributed by atoms with Crippen LogP contribution in [-0.4, -0.2) is 33.3 Å². The molecule has 0 spiro atoms. The maximum atomic E-state index is 11.8. The lowest BCUT2D eigenvalue weighted by Crippen LogP contribution is -2.38. The summed E-state index contributed by atoms with van der Waals surface area (Å²) in [5.74, 6) is 0.668. The molecule has 2 rings (SSSR count). The molecule has 0 fully saturated rings. The zero-order valence-corrected chi connectivity index (χ0v) is 12.4. The molecule has 0 aromatic carbocycles. The summed E-state index contributed by atoms with van der Waals surface area (Å²) in [4.78, 5) is 16.0. The molecule has 0 bridgehead atoms. The number of carbonyl (C=O) groups is 1. The third-order valence-electron chi connectivity index (χ3n) is 3.00. The van der Waals surface area contributed by atoms with Crippen molar-refractivity contribution in [1.82, 2.24) is 20.1 Å². The Morgan fingerprint density at radius 2 is 2.24 bits per heavy atom. The Morgan fingerprint density at radius 3 is 2.95 bits per heavy atom. The summed E-state index contributed by atoms with van der Waals surface area (Å²) in [6, 6.07) is 7.33. The Morgan fingerprint density at radius 1 is 1.38 bits per heavy atom. The first-order valence-corrected chi connectivity index (χ1v) is 7.16. The fourth-order valence-electron chi connectivity index (χ4n) is 1.87. The number of aromatic nitrogens is 3. The molecule has 0 saturated carbocycles. The van der Waals surface area contributed by atoms with Gasteiger partial charge in [-0.15, -0.1) is 0 Å². The minimum Gasteiger partial charge on any atom is -0.357 e. The van der Waals surface area contributed by atoms with E-state index in [1.807, 2.05) is 44.3 Å². The number of nitrogens with zero attached hydrogens (tertiary/aromatic N) is 3. The molecule has 2 N–H and O–H groups in total. The Labute approximate surface area is 124 Å². The Kier molecular flexibility index (Phi) is 5.31. The van der Waals surface area contributed by atoms with Crippen molar-refractivity contribution in [3.63, 3.8) is 0 Å². The standard InChI is InChI=1S/C15H21N5O/c1-3-8-17-15(21)12(2)18-14-7-10-20(19-14)11-13-6-4-5-9-16-13/h4-7,9-10,12H,3,8,11H2,1-2H3,(H,17,21)(H,18,19). The van der Waals surface area contributed by atoms with Crippen LogP contribution in [0.3, 0.4) is 0 Å². The molecule has 6 heteroatoms. The molecule has 1 atom stereocenters. The van der Waals surface area contributed by atoms with E-state index in [0.29, 0.717) is 18.9 Å². The second-order valence-corrected chi connectivity index (χ2v) is 4.88. The number of carbonyl (C=O) groups excluding carboxylic acids is 1. The van der Waals surface area contributed by atoms with Crippen LogP contribution < -0.4 is 10.6 Å². The van der Waals surface area contributed by atoms with Crippen LogP contribution in [0.4, 0.5) is 5.82 Å². The molecule has 0 aliphatic heterocycles. The molecule has 0 aliphatic carbocycles. The van der Waals surface area contributed by atoms with Gasteiger partial charge >= 0.3 is 0 Å². The van der Waals surface area contributed by atoms with Crippen molar-refractivity contribution in [2.45, 2.75) is 32.9 Å². The van der Waals surface area contributed by atoms with Crippen molar-refractivity contribution >= 4 is 11.7 Å². The number of amides is 1. The summed E-state index contributed by atoms with van der Waals surface area (Å²) in [6.07, 6.45) is 4.56. The zero-order valence-electron chi connectivity index (χ0n) is 12.4. The van der Waals surface area contributed by atoms with E-state index in [0.717, 1.165) is 12.1 Å². The highest BCUT2D eigenvalue weighted by Crippen LogP contribution is 2.06. The fourth-order valence-corrected chi connectivity index (χ4v) is 1.87. The predicted octanol–water partition coefficient (Wildman–Crippen LogP) is 1.65. The quantitative estimate of drug-likeness (QED) is 0.812. The second kappa shape index (κ2) is 7.42. The number of nitrogens with one attached hydrogen (secondary N) is 2. The molecule has 0 aliphatic rings. The summed E-state index contributed by atoms with van der Waals surface area (Å²) < 4.78 is 1.79. The number of hydrogen-bond acceptors (Lipinski definition) is 4. The second-order valence-electron chi connectivity index (χ2n) is 4.88. The van der Waals surface area contributed by atoms with Gasteiger partial charge in [0.05, 0.1) is 12.2 Å². The molecular formula is C15H21N5O. The lowest BCUT2D eigenvalue weighted by atomic mass is 10.3. The molecule has 2 aromatic heterocycles. The van der Waals surface area contributed by atoms with Gasteiger partial charge < -0.3 is 10.6 Å². The summed E-state index contributed by atoms with van der Waals surface area (Å²) in [7, 11) is 0. The molecule has 2 aromatic rings. The van der Waals surface area contributed by atoms with Crippen molar-refractivity contribution < 1.29 is 4.79 Å². The van der Waals surface area contributed by atoms with Gasteiger partial charge in [0.1, 0.15) is 11.9 Å². The summed E-state index contributed by atoms with van der Waals surface area (Å²) in [5.41, 5.74) is 0.945. The van der Waals surface area contributed by atoms with Crippen molar-refractivity contribution in [3.05, 3.63) is 42.4 Å². The third-order valence-corrected chi connectivity index (χ3v) is 3.00. The van der Waals surface area contributed by atoms with E-state index in [4.69, 9.17) is 0 Å². The van der Waals surface area contributed by atoms with Crippen LogP contribution in [0.15, 0.2) is 36.7 Å².